The highest BCUT2D eigenvalue weighted by Gasteiger charge is 2.12. The molecule has 0 aliphatic carbocycles. The van der Waals surface area contributed by atoms with Crippen LogP contribution in [0.1, 0.15) is 11.3 Å². The second-order valence-corrected chi connectivity index (χ2v) is 4.88. The molecule has 2 rings (SSSR count). The molecule has 0 spiro atoms. The number of nitrogens with one attached hydrogen (secondary N) is 1. The number of carbonyl (C=O) groups excluding carboxylic acids is 1. The summed E-state index contributed by atoms with van der Waals surface area (Å²) in [5, 5.41) is 12.3. The van der Waals surface area contributed by atoms with E-state index in [2.05, 4.69) is 5.32 Å². The Morgan fingerprint density at radius 2 is 2.18 bits per heavy atom. The number of nitriles is 1. The standard InChI is InChI=1S/C16H13ClN2O3/c1-10-3-4-12(17)8-14(10)19-16(20)11(9-18)7-13-5-6-15(21-2)22-13/h3-8H,1-2H3,(H,19,20)/b11-7+. The number of halogens is 1. The van der Waals surface area contributed by atoms with Crippen LogP contribution in [0.25, 0.3) is 6.08 Å². The predicted molar refractivity (Wildman–Crippen MR) is 83.7 cm³/mol. The van der Waals surface area contributed by atoms with E-state index in [0.717, 1.165) is 5.56 Å². The van der Waals surface area contributed by atoms with Gasteiger partial charge in [-0.1, -0.05) is 17.7 Å². The quantitative estimate of drug-likeness (QED) is 0.687. The lowest BCUT2D eigenvalue weighted by atomic mass is 10.1. The first-order valence-electron chi connectivity index (χ1n) is 6.36. The molecule has 6 heteroatoms. The van der Waals surface area contributed by atoms with E-state index >= 15 is 0 Å². The molecule has 1 heterocycles. The number of anilines is 1. The Hall–Kier alpha value is -2.71. The fourth-order valence-corrected chi connectivity index (χ4v) is 1.90. The Balaban J connectivity index is 2.22. The number of carbonyl (C=O) groups is 1. The average molecular weight is 317 g/mol. The third-order valence-corrected chi connectivity index (χ3v) is 3.14. The maximum Gasteiger partial charge on any atom is 0.284 e. The molecule has 0 unspecified atom stereocenters. The van der Waals surface area contributed by atoms with Gasteiger partial charge >= 0.3 is 0 Å². The lowest BCUT2D eigenvalue weighted by molar-refractivity contribution is -0.112. The van der Waals surface area contributed by atoms with Crippen LogP contribution in [0.4, 0.5) is 5.69 Å². The fraction of sp³-hybridized carbons (Fsp3) is 0.125. The lowest BCUT2D eigenvalue weighted by Crippen LogP contribution is -2.14. The molecule has 1 aromatic carbocycles. The maximum atomic E-state index is 12.2. The zero-order chi connectivity index (χ0) is 16.1. The molecular weight excluding hydrogens is 304 g/mol. The van der Waals surface area contributed by atoms with Gasteiger partial charge in [0.15, 0.2) is 0 Å². The van der Waals surface area contributed by atoms with E-state index in [4.69, 9.17) is 26.0 Å². The number of nitrogens with zero attached hydrogens (tertiary/aromatic N) is 1. The molecule has 0 saturated carbocycles. The zero-order valence-electron chi connectivity index (χ0n) is 12.0. The smallest absolute Gasteiger partial charge is 0.284 e. The van der Waals surface area contributed by atoms with Crippen molar-refractivity contribution < 1.29 is 13.9 Å². The summed E-state index contributed by atoms with van der Waals surface area (Å²) in [6, 6.07) is 10.2. The number of hydrogen-bond donors (Lipinski definition) is 1. The van der Waals surface area contributed by atoms with E-state index in [-0.39, 0.29) is 5.57 Å². The molecular formula is C16H13ClN2O3. The number of rotatable bonds is 4. The molecule has 0 aliphatic heterocycles. The number of amides is 1. The molecule has 1 amide bonds. The van der Waals surface area contributed by atoms with Gasteiger partial charge in [0, 0.05) is 22.9 Å². The van der Waals surface area contributed by atoms with Crippen molar-refractivity contribution in [3.05, 3.63) is 52.3 Å². The molecule has 1 N–H and O–H groups in total. The molecule has 0 aliphatic rings. The summed E-state index contributed by atoms with van der Waals surface area (Å²) in [7, 11) is 1.46. The van der Waals surface area contributed by atoms with Crippen molar-refractivity contribution in [3.63, 3.8) is 0 Å². The lowest BCUT2D eigenvalue weighted by Gasteiger charge is -2.07. The predicted octanol–water partition coefficient (Wildman–Crippen LogP) is 3.80. The molecule has 0 fully saturated rings. The van der Waals surface area contributed by atoms with Gasteiger partial charge in [-0.2, -0.15) is 5.26 Å². The van der Waals surface area contributed by atoms with Gasteiger partial charge < -0.3 is 14.5 Å². The monoisotopic (exact) mass is 316 g/mol. The third-order valence-electron chi connectivity index (χ3n) is 2.90. The summed E-state index contributed by atoms with van der Waals surface area (Å²) in [5.74, 6) is 0.115. The van der Waals surface area contributed by atoms with Crippen LogP contribution in [0.3, 0.4) is 0 Å². The van der Waals surface area contributed by atoms with Gasteiger partial charge in [0.2, 0.25) is 0 Å². The Bertz CT molecular complexity index is 772. The summed E-state index contributed by atoms with van der Waals surface area (Å²) in [6.07, 6.45) is 1.34. The first kappa shape index (κ1) is 15.7. The Labute approximate surface area is 132 Å². The van der Waals surface area contributed by atoms with Gasteiger partial charge in [-0.05, 0) is 30.7 Å². The molecule has 5 nitrogen and oxygen atoms in total. The van der Waals surface area contributed by atoms with Crippen molar-refractivity contribution in [2.24, 2.45) is 0 Å². The number of hydrogen-bond acceptors (Lipinski definition) is 4. The summed E-state index contributed by atoms with van der Waals surface area (Å²) in [6.45, 7) is 1.83. The van der Waals surface area contributed by atoms with Crippen LogP contribution in [0.2, 0.25) is 5.02 Å². The van der Waals surface area contributed by atoms with Crippen LogP contribution in [-0.2, 0) is 4.79 Å². The van der Waals surface area contributed by atoms with Crippen LogP contribution >= 0.6 is 11.6 Å². The molecule has 0 saturated heterocycles. The molecule has 112 valence electrons. The molecule has 0 atom stereocenters. The summed E-state index contributed by atoms with van der Waals surface area (Å²) in [5.41, 5.74) is 1.31. The number of aryl methyl sites for hydroxylation is 1. The topological polar surface area (TPSA) is 75.3 Å². The number of benzene rings is 1. The molecule has 2 aromatic rings. The van der Waals surface area contributed by atoms with E-state index in [1.807, 2.05) is 13.0 Å². The van der Waals surface area contributed by atoms with E-state index in [1.165, 1.54) is 13.2 Å². The second-order valence-electron chi connectivity index (χ2n) is 4.44. The van der Waals surface area contributed by atoms with E-state index in [1.54, 1.807) is 30.3 Å². The van der Waals surface area contributed by atoms with Gasteiger partial charge in [-0.25, -0.2) is 0 Å². The normalized spacial score (nSPS) is 10.9. The first-order valence-corrected chi connectivity index (χ1v) is 6.74. The van der Waals surface area contributed by atoms with Gasteiger partial charge in [0.1, 0.15) is 17.4 Å². The first-order chi connectivity index (χ1) is 10.5. The minimum atomic E-state index is -0.539. The van der Waals surface area contributed by atoms with Crippen molar-refractivity contribution in [1.82, 2.24) is 0 Å². The SMILES string of the molecule is COc1ccc(/C=C(\C#N)C(=O)Nc2cc(Cl)ccc2C)o1. The van der Waals surface area contributed by atoms with Crippen molar-refractivity contribution in [2.45, 2.75) is 6.92 Å². The van der Waals surface area contributed by atoms with Crippen LogP contribution in [0, 0.1) is 18.3 Å². The minimum Gasteiger partial charge on any atom is -0.468 e. The van der Waals surface area contributed by atoms with E-state index < -0.39 is 5.91 Å². The van der Waals surface area contributed by atoms with Crippen LogP contribution in [0.15, 0.2) is 40.3 Å². The van der Waals surface area contributed by atoms with Crippen molar-refractivity contribution in [2.75, 3.05) is 12.4 Å². The van der Waals surface area contributed by atoms with Crippen LogP contribution < -0.4 is 10.1 Å². The van der Waals surface area contributed by atoms with Gasteiger partial charge in [0.05, 0.1) is 7.11 Å². The summed E-state index contributed by atoms with van der Waals surface area (Å²) >= 11 is 5.90. The Morgan fingerprint density at radius 3 is 2.82 bits per heavy atom. The third kappa shape index (κ3) is 3.68. The van der Waals surface area contributed by atoms with E-state index in [0.29, 0.717) is 22.4 Å². The summed E-state index contributed by atoms with van der Waals surface area (Å²) < 4.78 is 10.2. The maximum absolute atomic E-state index is 12.2. The van der Waals surface area contributed by atoms with Gasteiger partial charge in [0.25, 0.3) is 11.9 Å². The summed E-state index contributed by atoms with van der Waals surface area (Å²) in [4.78, 5) is 12.2. The van der Waals surface area contributed by atoms with E-state index in [9.17, 15) is 4.79 Å². The number of furan rings is 1. The number of methoxy groups -OCH3 is 1. The fourth-order valence-electron chi connectivity index (χ4n) is 1.73. The molecule has 22 heavy (non-hydrogen) atoms. The molecule has 1 aromatic heterocycles. The second kappa shape index (κ2) is 6.83. The molecule has 0 bridgehead atoms. The van der Waals surface area contributed by atoms with Crippen LogP contribution in [-0.4, -0.2) is 13.0 Å². The average Bonchev–Trinajstić information content (AvgIpc) is 2.96. The van der Waals surface area contributed by atoms with Crippen molar-refractivity contribution in [3.8, 4) is 12.0 Å². The largest absolute Gasteiger partial charge is 0.468 e. The van der Waals surface area contributed by atoms with Crippen molar-refractivity contribution in [1.29, 1.82) is 5.26 Å². The minimum absolute atomic E-state index is 0.0867. The van der Waals surface area contributed by atoms with Gasteiger partial charge in [-0.15, -0.1) is 0 Å². The molecule has 0 radical (unpaired) electrons. The highest BCUT2D eigenvalue weighted by Crippen LogP contribution is 2.22. The Morgan fingerprint density at radius 1 is 1.41 bits per heavy atom. The Kier molecular flexibility index (Phi) is 4.87. The highest BCUT2D eigenvalue weighted by molar-refractivity contribution is 6.31. The highest BCUT2D eigenvalue weighted by atomic mass is 35.5. The van der Waals surface area contributed by atoms with Gasteiger partial charge in [-0.3, -0.25) is 4.79 Å². The van der Waals surface area contributed by atoms with Crippen molar-refractivity contribution >= 4 is 29.3 Å². The number of ether oxygens (including phenoxy) is 1. The van der Waals surface area contributed by atoms with Crippen LogP contribution in [0.5, 0.6) is 5.95 Å². The zero-order valence-corrected chi connectivity index (χ0v) is 12.8.